The molecule has 6 nitrogen and oxygen atoms in total. The van der Waals surface area contributed by atoms with Crippen molar-refractivity contribution < 1.29 is 14.3 Å². The molecule has 7 heteroatoms. The molecule has 2 amide bonds. The summed E-state index contributed by atoms with van der Waals surface area (Å²) in [6.45, 7) is 8.31. The van der Waals surface area contributed by atoms with Gasteiger partial charge in [-0.1, -0.05) is 0 Å². The molecule has 0 bridgehead atoms. The van der Waals surface area contributed by atoms with Gasteiger partial charge in [0, 0.05) is 15.8 Å². The van der Waals surface area contributed by atoms with Crippen LogP contribution in [0.2, 0.25) is 0 Å². The van der Waals surface area contributed by atoms with Crippen LogP contribution in [-0.4, -0.2) is 48.7 Å². The van der Waals surface area contributed by atoms with E-state index in [9.17, 15) is 9.59 Å². The second-order valence-corrected chi connectivity index (χ2v) is 8.90. The van der Waals surface area contributed by atoms with Crippen molar-refractivity contribution in [3.8, 4) is 0 Å². The fourth-order valence-electron chi connectivity index (χ4n) is 2.83. The van der Waals surface area contributed by atoms with Crippen LogP contribution in [0, 0.1) is 9.49 Å². The summed E-state index contributed by atoms with van der Waals surface area (Å²) in [5.74, 6) is 0.439. The first-order valence-electron chi connectivity index (χ1n) is 8.96. The van der Waals surface area contributed by atoms with Gasteiger partial charge in [-0.3, -0.25) is 9.69 Å². The van der Waals surface area contributed by atoms with Gasteiger partial charge in [0.25, 0.3) is 0 Å². The number of benzene rings is 1. The van der Waals surface area contributed by atoms with Crippen molar-refractivity contribution in [3.05, 3.63) is 27.8 Å². The second-order valence-electron chi connectivity index (χ2n) is 7.66. The van der Waals surface area contributed by atoms with E-state index in [1.807, 2.05) is 45.0 Å². The molecule has 0 saturated carbocycles. The van der Waals surface area contributed by atoms with E-state index in [1.54, 1.807) is 0 Å². The minimum Gasteiger partial charge on any atom is -0.444 e. The number of anilines is 1. The molecule has 0 radical (unpaired) electrons. The van der Waals surface area contributed by atoms with Crippen LogP contribution in [-0.2, 0) is 9.53 Å². The number of halogens is 1. The van der Waals surface area contributed by atoms with Gasteiger partial charge in [-0.25, -0.2) is 4.79 Å². The number of nitrogens with one attached hydrogen (secondary N) is 2. The van der Waals surface area contributed by atoms with E-state index in [0.29, 0.717) is 19.0 Å². The van der Waals surface area contributed by atoms with Gasteiger partial charge in [0.05, 0.1) is 6.54 Å². The van der Waals surface area contributed by atoms with Gasteiger partial charge in [0.15, 0.2) is 0 Å². The molecule has 2 rings (SSSR count). The number of alkyl carbamates (subject to hydrolysis) is 1. The Hall–Kier alpha value is -1.35. The van der Waals surface area contributed by atoms with Gasteiger partial charge in [0.1, 0.15) is 5.60 Å². The highest BCUT2D eigenvalue weighted by molar-refractivity contribution is 14.1. The quantitative estimate of drug-likeness (QED) is 0.643. The predicted molar refractivity (Wildman–Crippen MR) is 111 cm³/mol. The highest BCUT2D eigenvalue weighted by Gasteiger charge is 2.22. The number of piperidine rings is 1. The molecule has 144 valence electrons. The van der Waals surface area contributed by atoms with Crippen LogP contribution in [0.5, 0.6) is 0 Å². The van der Waals surface area contributed by atoms with E-state index in [4.69, 9.17) is 4.74 Å². The van der Waals surface area contributed by atoms with Crippen molar-refractivity contribution in [1.29, 1.82) is 0 Å². The Bertz CT molecular complexity index is 605. The summed E-state index contributed by atoms with van der Waals surface area (Å²) in [5, 5.41) is 5.77. The minimum absolute atomic E-state index is 0.0107. The molecular weight excluding hydrogens is 445 g/mol. The Balaban J connectivity index is 1.65. The van der Waals surface area contributed by atoms with Crippen LogP contribution in [0.1, 0.15) is 33.6 Å². The van der Waals surface area contributed by atoms with Crippen LogP contribution >= 0.6 is 22.6 Å². The average molecular weight is 473 g/mol. The van der Waals surface area contributed by atoms with E-state index in [2.05, 4.69) is 38.1 Å². The summed E-state index contributed by atoms with van der Waals surface area (Å²) < 4.78 is 6.39. The molecular formula is C19H28IN3O3. The zero-order chi connectivity index (χ0) is 19.2. The van der Waals surface area contributed by atoms with Gasteiger partial charge < -0.3 is 15.4 Å². The number of likely N-dealkylation sites (tertiary alicyclic amines) is 1. The monoisotopic (exact) mass is 473 g/mol. The molecule has 26 heavy (non-hydrogen) atoms. The molecule has 0 atom stereocenters. The Morgan fingerprint density at radius 1 is 1.19 bits per heavy atom. The second kappa shape index (κ2) is 9.55. The third-order valence-electron chi connectivity index (χ3n) is 4.14. The molecule has 0 aliphatic carbocycles. The lowest BCUT2D eigenvalue weighted by atomic mass is 9.97. The van der Waals surface area contributed by atoms with Crippen LogP contribution in [0.4, 0.5) is 10.5 Å². The highest BCUT2D eigenvalue weighted by atomic mass is 127. The van der Waals surface area contributed by atoms with Crippen LogP contribution in [0.25, 0.3) is 0 Å². The van der Waals surface area contributed by atoms with E-state index < -0.39 is 5.60 Å². The maximum absolute atomic E-state index is 12.2. The number of carbonyl (C=O) groups excluding carboxylic acids is 2. The number of hydrogen-bond donors (Lipinski definition) is 2. The maximum Gasteiger partial charge on any atom is 0.407 e. The van der Waals surface area contributed by atoms with E-state index in [0.717, 1.165) is 35.2 Å². The van der Waals surface area contributed by atoms with Gasteiger partial charge in [-0.05, 0) is 99.5 Å². The summed E-state index contributed by atoms with van der Waals surface area (Å²) in [7, 11) is 0. The SMILES string of the molecule is CC(C)(C)OC(=O)NCC1CCN(CC(=O)Nc2ccc(I)cc2)CC1. The lowest BCUT2D eigenvalue weighted by Gasteiger charge is -2.31. The smallest absolute Gasteiger partial charge is 0.407 e. The maximum atomic E-state index is 12.2. The molecule has 0 aromatic heterocycles. The standard InChI is InChI=1S/C19H28IN3O3/c1-19(2,3)26-18(25)21-12-14-8-10-23(11-9-14)13-17(24)22-16-6-4-15(20)5-7-16/h4-7,14H,8-13H2,1-3H3,(H,21,25)(H,22,24). The summed E-state index contributed by atoms with van der Waals surface area (Å²) in [5.41, 5.74) is 0.351. The van der Waals surface area contributed by atoms with Crippen LogP contribution in [0.15, 0.2) is 24.3 Å². The molecule has 1 aliphatic rings. The van der Waals surface area contributed by atoms with Crippen molar-refractivity contribution in [2.45, 2.75) is 39.2 Å². The largest absolute Gasteiger partial charge is 0.444 e. The number of nitrogens with zero attached hydrogens (tertiary/aromatic N) is 1. The zero-order valence-electron chi connectivity index (χ0n) is 15.7. The van der Waals surface area contributed by atoms with Crippen molar-refractivity contribution >= 4 is 40.3 Å². The molecule has 1 aromatic carbocycles. The van der Waals surface area contributed by atoms with Gasteiger partial charge >= 0.3 is 6.09 Å². The Labute approximate surface area is 169 Å². The molecule has 1 saturated heterocycles. The van der Waals surface area contributed by atoms with Crippen molar-refractivity contribution in [1.82, 2.24) is 10.2 Å². The first kappa shape index (κ1) is 21.0. The molecule has 0 unspecified atom stereocenters. The van der Waals surface area contributed by atoms with Gasteiger partial charge in [-0.15, -0.1) is 0 Å². The van der Waals surface area contributed by atoms with E-state index >= 15 is 0 Å². The normalized spacial score (nSPS) is 16.2. The Morgan fingerprint density at radius 3 is 2.38 bits per heavy atom. The third-order valence-corrected chi connectivity index (χ3v) is 4.86. The number of carbonyl (C=O) groups is 2. The molecule has 1 aromatic rings. The summed E-state index contributed by atoms with van der Waals surface area (Å²) in [6.07, 6.45) is 1.57. The number of ether oxygens (including phenoxy) is 1. The van der Waals surface area contributed by atoms with Crippen molar-refractivity contribution in [2.75, 3.05) is 31.5 Å². The molecule has 2 N–H and O–H groups in total. The summed E-state index contributed by atoms with van der Waals surface area (Å²) in [6, 6.07) is 7.77. The van der Waals surface area contributed by atoms with Crippen molar-refractivity contribution in [3.63, 3.8) is 0 Å². The Morgan fingerprint density at radius 2 is 1.81 bits per heavy atom. The predicted octanol–water partition coefficient (Wildman–Crippen LogP) is 3.47. The fraction of sp³-hybridized carbons (Fsp3) is 0.579. The zero-order valence-corrected chi connectivity index (χ0v) is 17.8. The average Bonchev–Trinajstić information content (AvgIpc) is 2.55. The third kappa shape index (κ3) is 7.90. The first-order chi connectivity index (χ1) is 12.2. The minimum atomic E-state index is -0.474. The first-order valence-corrected chi connectivity index (χ1v) is 10.0. The van der Waals surface area contributed by atoms with Gasteiger partial charge in [0.2, 0.25) is 5.91 Å². The lowest BCUT2D eigenvalue weighted by Crippen LogP contribution is -2.42. The number of hydrogen-bond acceptors (Lipinski definition) is 4. The number of amides is 2. The molecule has 1 heterocycles. The highest BCUT2D eigenvalue weighted by Crippen LogP contribution is 2.17. The van der Waals surface area contributed by atoms with Crippen LogP contribution in [0.3, 0.4) is 0 Å². The van der Waals surface area contributed by atoms with Gasteiger partial charge in [-0.2, -0.15) is 0 Å². The number of rotatable bonds is 5. The fourth-order valence-corrected chi connectivity index (χ4v) is 3.19. The Kier molecular flexibility index (Phi) is 7.69. The molecule has 1 aliphatic heterocycles. The van der Waals surface area contributed by atoms with E-state index in [-0.39, 0.29) is 12.0 Å². The summed E-state index contributed by atoms with van der Waals surface area (Å²) >= 11 is 2.24. The topological polar surface area (TPSA) is 70.7 Å². The lowest BCUT2D eigenvalue weighted by molar-refractivity contribution is -0.117. The molecule has 1 fully saturated rings. The van der Waals surface area contributed by atoms with E-state index in [1.165, 1.54) is 0 Å². The van der Waals surface area contributed by atoms with Crippen LogP contribution < -0.4 is 10.6 Å². The molecule has 0 spiro atoms. The van der Waals surface area contributed by atoms with Crippen molar-refractivity contribution in [2.24, 2.45) is 5.92 Å². The summed E-state index contributed by atoms with van der Waals surface area (Å²) in [4.78, 5) is 26.0.